The van der Waals surface area contributed by atoms with Crippen molar-refractivity contribution >= 4 is 5.91 Å². The van der Waals surface area contributed by atoms with Crippen LogP contribution in [0.25, 0.3) is 0 Å². The van der Waals surface area contributed by atoms with Gasteiger partial charge in [-0.1, -0.05) is 19.1 Å². The molecule has 1 aliphatic rings. The number of carbonyl (C=O) groups is 1. The van der Waals surface area contributed by atoms with E-state index in [1.807, 2.05) is 6.92 Å². The van der Waals surface area contributed by atoms with Crippen LogP contribution >= 0.6 is 0 Å². The van der Waals surface area contributed by atoms with Crippen molar-refractivity contribution in [1.29, 1.82) is 0 Å². The molecule has 0 aliphatic carbocycles. The van der Waals surface area contributed by atoms with E-state index < -0.39 is 6.10 Å². The molecule has 22 heavy (non-hydrogen) atoms. The van der Waals surface area contributed by atoms with Crippen LogP contribution < -0.4 is 0 Å². The van der Waals surface area contributed by atoms with Crippen molar-refractivity contribution < 1.29 is 14.3 Å². The van der Waals surface area contributed by atoms with Crippen molar-refractivity contribution in [2.24, 2.45) is 0 Å². The molecule has 1 amide bonds. The minimum absolute atomic E-state index is 0.221. The summed E-state index contributed by atoms with van der Waals surface area (Å²) in [6.45, 7) is 2.23. The fourth-order valence-corrected chi connectivity index (χ4v) is 2.84. The second-order valence-corrected chi connectivity index (χ2v) is 5.55. The van der Waals surface area contributed by atoms with Gasteiger partial charge in [-0.05, 0) is 36.6 Å². The number of halogens is 1. The van der Waals surface area contributed by atoms with E-state index in [1.165, 1.54) is 12.1 Å². The van der Waals surface area contributed by atoms with Crippen LogP contribution in [0.2, 0.25) is 0 Å². The molecular weight excluding hydrogens is 285 g/mol. The van der Waals surface area contributed by atoms with Crippen LogP contribution in [0.4, 0.5) is 4.39 Å². The van der Waals surface area contributed by atoms with Crippen molar-refractivity contribution in [3.8, 4) is 0 Å². The Bertz CT molecular complexity index is 668. The van der Waals surface area contributed by atoms with Crippen LogP contribution in [0, 0.1) is 5.82 Å². The maximum Gasteiger partial charge on any atom is 0.274 e. The molecule has 1 fully saturated rings. The van der Waals surface area contributed by atoms with Crippen molar-refractivity contribution in [3.05, 3.63) is 53.1 Å². The third-order valence-corrected chi connectivity index (χ3v) is 4.03. The summed E-state index contributed by atoms with van der Waals surface area (Å²) in [6.07, 6.45) is 0.635. The number of aliphatic hydroxyl groups excluding tert-OH is 1. The number of benzene rings is 1. The first-order valence-corrected chi connectivity index (χ1v) is 7.37. The maximum absolute atomic E-state index is 13.1. The monoisotopic (exact) mass is 303 g/mol. The minimum Gasteiger partial charge on any atom is -0.391 e. The van der Waals surface area contributed by atoms with E-state index in [-0.39, 0.29) is 24.3 Å². The number of aryl methyl sites for hydroxylation is 1. The molecule has 2 N–H and O–H groups in total. The summed E-state index contributed by atoms with van der Waals surface area (Å²) in [5.41, 5.74) is 2.05. The van der Waals surface area contributed by atoms with Gasteiger partial charge in [0.25, 0.3) is 5.91 Å². The molecule has 0 saturated carbocycles. The SMILES string of the molecule is CCc1cc(C(=O)N2C[C@@H](O)C[C@H]2c2ccc(F)cc2)n[nH]1. The van der Waals surface area contributed by atoms with E-state index in [4.69, 9.17) is 0 Å². The molecule has 2 heterocycles. The molecule has 2 aromatic rings. The number of amides is 1. The Labute approximate surface area is 127 Å². The summed E-state index contributed by atoms with van der Waals surface area (Å²) >= 11 is 0. The number of β-amino-alcohol motifs (C(OH)–C–C–N with tert-alkyl or cyclic N) is 1. The summed E-state index contributed by atoms with van der Waals surface area (Å²) in [6, 6.07) is 7.51. The molecule has 1 aromatic carbocycles. The van der Waals surface area contributed by atoms with Gasteiger partial charge in [0.1, 0.15) is 11.5 Å². The number of hydrogen-bond acceptors (Lipinski definition) is 3. The van der Waals surface area contributed by atoms with Crippen LogP contribution in [0.3, 0.4) is 0 Å². The molecule has 6 heteroatoms. The lowest BCUT2D eigenvalue weighted by Gasteiger charge is -2.23. The molecular formula is C16H18FN3O2. The number of aromatic amines is 1. The van der Waals surface area contributed by atoms with E-state index >= 15 is 0 Å². The van der Waals surface area contributed by atoms with Gasteiger partial charge in [-0.15, -0.1) is 0 Å². The lowest BCUT2D eigenvalue weighted by atomic mass is 10.0. The molecule has 1 aromatic heterocycles. The van der Waals surface area contributed by atoms with Gasteiger partial charge >= 0.3 is 0 Å². The van der Waals surface area contributed by atoms with Gasteiger partial charge in [-0.3, -0.25) is 9.89 Å². The normalized spacial score (nSPS) is 21.3. The number of aromatic nitrogens is 2. The average Bonchev–Trinajstić information content (AvgIpc) is 3.14. The minimum atomic E-state index is -0.580. The lowest BCUT2D eigenvalue weighted by molar-refractivity contribution is 0.0710. The van der Waals surface area contributed by atoms with Gasteiger partial charge in [0.2, 0.25) is 0 Å². The largest absolute Gasteiger partial charge is 0.391 e. The summed E-state index contributed by atoms with van der Waals surface area (Å²) in [5, 5.41) is 16.8. The average molecular weight is 303 g/mol. The Kier molecular flexibility index (Phi) is 3.94. The zero-order valence-electron chi connectivity index (χ0n) is 12.3. The molecule has 1 aliphatic heterocycles. The number of rotatable bonds is 3. The molecule has 0 spiro atoms. The second kappa shape index (κ2) is 5.88. The highest BCUT2D eigenvalue weighted by Crippen LogP contribution is 2.33. The fourth-order valence-electron chi connectivity index (χ4n) is 2.84. The van der Waals surface area contributed by atoms with Gasteiger partial charge in [0.05, 0.1) is 12.1 Å². The standard InChI is InChI=1S/C16H18FN3O2/c1-2-12-7-14(19-18-12)16(22)20-9-13(21)8-15(20)10-3-5-11(17)6-4-10/h3-7,13,15,21H,2,8-9H2,1H3,(H,18,19)/t13-,15-/m0/s1. The van der Waals surface area contributed by atoms with Gasteiger partial charge in [-0.25, -0.2) is 4.39 Å². The number of aliphatic hydroxyl groups is 1. The predicted molar refractivity (Wildman–Crippen MR) is 78.8 cm³/mol. The van der Waals surface area contributed by atoms with Gasteiger partial charge in [0, 0.05) is 12.2 Å². The van der Waals surface area contributed by atoms with Crippen LogP contribution in [0.15, 0.2) is 30.3 Å². The topological polar surface area (TPSA) is 69.2 Å². The molecule has 1 saturated heterocycles. The Hall–Kier alpha value is -2.21. The Morgan fingerprint density at radius 3 is 2.82 bits per heavy atom. The smallest absolute Gasteiger partial charge is 0.274 e. The maximum atomic E-state index is 13.1. The van der Waals surface area contributed by atoms with Gasteiger partial charge in [-0.2, -0.15) is 5.10 Å². The summed E-state index contributed by atoms with van der Waals surface area (Å²) in [7, 11) is 0. The third kappa shape index (κ3) is 2.74. The van der Waals surface area contributed by atoms with E-state index in [9.17, 15) is 14.3 Å². The first-order chi connectivity index (χ1) is 10.6. The van der Waals surface area contributed by atoms with Crippen molar-refractivity contribution in [2.45, 2.75) is 31.9 Å². The number of hydrogen-bond donors (Lipinski definition) is 2. The molecule has 3 rings (SSSR count). The highest BCUT2D eigenvalue weighted by Gasteiger charge is 2.36. The number of carbonyl (C=O) groups excluding carboxylic acids is 1. The Morgan fingerprint density at radius 1 is 1.45 bits per heavy atom. The van der Waals surface area contributed by atoms with Crippen LogP contribution in [0.1, 0.15) is 41.1 Å². The summed E-state index contributed by atoms with van der Waals surface area (Å²) in [4.78, 5) is 14.2. The van der Waals surface area contributed by atoms with Gasteiger partial charge in [0.15, 0.2) is 0 Å². The third-order valence-electron chi connectivity index (χ3n) is 4.03. The Morgan fingerprint density at radius 2 is 2.18 bits per heavy atom. The van der Waals surface area contributed by atoms with E-state index in [1.54, 1.807) is 23.1 Å². The molecule has 0 bridgehead atoms. The zero-order chi connectivity index (χ0) is 15.7. The number of nitrogens with one attached hydrogen (secondary N) is 1. The van der Waals surface area contributed by atoms with E-state index in [0.717, 1.165) is 17.7 Å². The molecule has 2 atom stereocenters. The molecule has 0 radical (unpaired) electrons. The highest BCUT2D eigenvalue weighted by molar-refractivity contribution is 5.93. The first kappa shape index (κ1) is 14.7. The lowest BCUT2D eigenvalue weighted by Crippen LogP contribution is -2.32. The van der Waals surface area contributed by atoms with E-state index in [0.29, 0.717) is 12.1 Å². The molecule has 116 valence electrons. The zero-order valence-corrected chi connectivity index (χ0v) is 12.3. The summed E-state index contributed by atoms with van der Waals surface area (Å²) in [5.74, 6) is -0.540. The fraction of sp³-hybridized carbons (Fsp3) is 0.375. The molecule has 5 nitrogen and oxygen atoms in total. The molecule has 0 unspecified atom stereocenters. The van der Waals surface area contributed by atoms with Crippen molar-refractivity contribution in [3.63, 3.8) is 0 Å². The van der Waals surface area contributed by atoms with Crippen LogP contribution in [-0.2, 0) is 6.42 Å². The first-order valence-electron chi connectivity index (χ1n) is 7.37. The van der Waals surface area contributed by atoms with Gasteiger partial charge < -0.3 is 10.0 Å². The highest BCUT2D eigenvalue weighted by atomic mass is 19.1. The van der Waals surface area contributed by atoms with E-state index in [2.05, 4.69) is 10.2 Å². The number of likely N-dealkylation sites (tertiary alicyclic amines) is 1. The Balaban J connectivity index is 1.86. The van der Waals surface area contributed by atoms with Crippen molar-refractivity contribution in [2.75, 3.05) is 6.54 Å². The van der Waals surface area contributed by atoms with Crippen molar-refractivity contribution in [1.82, 2.24) is 15.1 Å². The number of H-pyrrole nitrogens is 1. The number of nitrogens with zero attached hydrogens (tertiary/aromatic N) is 2. The van der Waals surface area contributed by atoms with Crippen LogP contribution in [-0.4, -0.2) is 38.8 Å². The summed E-state index contributed by atoms with van der Waals surface area (Å²) < 4.78 is 13.1. The quantitative estimate of drug-likeness (QED) is 0.912. The van der Waals surface area contributed by atoms with Crippen LogP contribution in [0.5, 0.6) is 0 Å². The second-order valence-electron chi connectivity index (χ2n) is 5.55. The predicted octanol–water partition coefficient (Wildman–Crippen LogP) is 2.06.